The average molecular weight is 262 g/mol. The quantitative estimate of drug-likeness (QED) is 0.632. The third-order valence-electron chi connectivity index (χ3n) is 1.80. The van der Waals surface area contributed by atoms with Crippen LogP contribution in [-0.2, 0) is 20.5 Å². The molecule has 0 aliphatic heterocycles. The Bertz CT molecular complexity index is 385. The molecule has 0 heterocycles. The van der Waals surface area contributed by atoms with Gasteiger partial charge in [-0.15, -0.1) is 0 Å². The van der Waals surface area contributed by atoms with Gasteiger partial charge in [-0.05, 0) is 23.7 Å². The second kappa shape index (κ2) is 6.16. The van der Waals surface area contributed by atoms with Gasteiger partial charge in [0, 0.05) is 0 Å². The number of carbonyl (C=O) groups is 1. The third-order valence-corrected chi connectivity index (χ3v) is 3.56. The smallest absolute Gasteiger partial charge is 0.302 e. The summed E-state index contributed by atoms with van der Waals surface area (Å²) in [5.74, 6) is 0. The van der Waals surface area contributed by atoms with Crippen LogP contribution in [0.2, 0.25) is 0 Å². The van der Waals surface area contributed by atoms with Crippen molar-refractivity contribution in [2.45, 2.75) is 19.6 Å². The molecule has 1 rings (SSSR count). The molecule has 4 nitrogen and oxygen atoms in total. The highest BCUT2D eigenvalue weighted by atomic mass is 35.7. The van der Waals surface area contributed by atoms with Crippen LogP contribution in [0.5, 0.6) is 0 Å². The van der Waals surface area contributed by atoms with Gasteiger partial charge in [0.2, 0.25) is 0 Å². The summed E-state index contributed by atoms with van der Waals surface area (Å²) >= 11 is 5.62. The molecule has 0 fully saturated rings. The molecular formula is C10H13ClNO3P. The van der Waals surface area contributed by atoms with Gasteiger partial charge in [-0.1, -0.05) is 30.3 Å². The maximum Gasteiger partial charge on any atom is 0.361 e. The van der Waals surface area contributed by atoms with Crippen LogP contribution in [0.1, 0.15) is 12.5 Å². The summed E-state index contributed by atoms with van der Waals surface area (Å²) in [5, 5.41) is 2.41. The molecule has 0 saturated carbocycles. The lowest BCUT2D eigenvalue weighted by Gasteiger charge is -2.14. The van der Waals surface area contributed by atoms with E-state index in [-0.39, 0.29) is 6.61 Å². The summed E-state index contributed by atoms with van der Waals surface area (Å²) in [6.07, 6.45) is 0.612. The first kappa shape index (κ1) is 13.4. The van der Waals surface area contributed by atoms with E-state index in [0.717, 1.165) is 5.56 Å². The van der Waals surface area contributed by atoms with E-state index in [9.17, 15) is 9.36 Å². The summed E-state index contributed by atoms with van der Waals surface area (Å²) < 4.78 is 16.7. The van der Waals surface area contributed by atoms with Crippen molar-refractivity contribution in [3.63, 3.8) is 0 Å². The summed E-state index contributed by atoms with van der Waals surface area (Å²) in [4.78, 5) is 10.4. The zero-order chi connectivity index (χ0) is 12.0. The highest BCUT2D eigenvalue weighted by molar-refractivity contribution is 7.83. The van der Waals surface area contributed by atoms with Gasteiger partial charge >= 0.3 is 6.87 Å². The number of benzene rings is 1. The molecule has 1 aromatic carbocycles. The molecule has 1 aromatic rings. The molecule has 0 radical (unpaired) electrons. The van der Waals surface area contributed by atoms with Crippen LogP contribution in [0.25, 0.3) is 0 Å². The fourth-order valence-corrected chi connectivity index (χ4v) is 2.59. The van der Waals surface area contributed by atoms with Crippen molar-refractivity contribution in [3.05, 3.63) is 35.9 Å². The summed E-state index contributed by atoms with van der Waals surface area (Å²) in [6, 6.07) is 8.63. The number of halogens is 1. The van der Waals surface area contributed by atoms with E-state index in [1.165, 1.54) is 0 Å². The molecular weight excluding hydrogens is 249 g/mol. The normalized spacial score (nSPS) is 16.4. The number of aldehydes is 1. The van der Waals surface area contributed by atoms with E-state index in [1.807, 2.05) is 30.3 Å². The van der Waals surface area contributed by atoms with Gasteiger partial charge in [-0.2, -0.15) is 0 Å². The van der Waals surface area contributed by atoms with E-state index < -0.39 is 12.9 Å². The van der Waals surface area contributed by atoms with Crippen molar-refractivity contribution in [1.82, 2.24) is 5.09 Å². The summed E-state index contributed by atoms with van der Waals surface area (Å²) in [6.45, 7) is -1.75. The highest BCUT2D eigenvalue weighted by Gasteiger charge is 2.21. The zero-order valence-electron chi connectivity index (χ0n) is 8.80. The number of hydrogen-bond donors (Lipinski definition) is 1. The minimum atomic E-state index is -3.44. The minimum Gasteiger partial charge on any atom is -0.302 e. The zero-order valence-corrected chi connectivity index (χ0v) is 10.4. The Morgan fingerprint density at radius 3 is 2.69 bits per heavy atom. The number of carbonyl (C=O) groups excluding carboxylic acids is 1. The predicted molar refractivity (Wildman–Crippen MR) is 63.4 cm³/mol. The highest BCUT2D eigenvalue weighted by Crippen LogP contribution is 2.48. The largest absolute Gasteiger partial charge is 0.361 e. The molecule has 0 spiro atoms. The molecule has 88 valence electrons. The van der Waals surface area contributed by atoms with E-state index in [4.69, 9.17) is 15.8 Å². The van der Waals surface area contributed by atoms with Crippen LogP contribution in [0.4, 0.5) is 0 Å². The Hall–Kier alpha value is -0.670. The van der Waals surface area contributed by atoms with Gasteiger partial charge in [0.15, 0.2) is 0 Å². The molecule has 0 amide bonds. The Kier molecular flexibility index (Phi) is 5.16. The van der Waals surface area contributed by atoms with E-state index >= 15 is 0 Å². The lowest BCUT2D eigenvalue weighted by atomic mass is 10.2. The van der Waals surface area contributed by atoms with Gasteiger partial charge in [-0.25, -0.2) is 5.09 Å². The van der Waals surface area contributed by atoms with Crippen LogP contribution in [0, 0.1) is 0 Å². The van der Waals surface area contributed by atoms with Gasteiger partial charge < -0.3 is 9.32 Å². The van der Waals surface area contributed by atoms with Crippen LogP contribution in [0.15, 0.2) is 30.3 Å². The summed E-state index contributed by atoms with van der Waals surface area (Å²) in [7, 11) is 0. The topological polar surface area (TPSA) is 55.4 Å². The number of rotatable bonds is 6. The standard InChI is InChI=1S/C10H13ClNO3P/c1-9(7-13)12-16(11,14)15-8-10-5-3-2-4-6-10/h2-7,9H,8H2,1H3,(H,12,14). The summed E-state index contributed by atoms with van der Waals surface area (Å²) in [5.41, 5.74) is 0.865. The van der Waals surface area contributed by atoms with Crippen molar-refractivity contribution < 1.29 is 13.9 Å². The molecule has 2 unspecified atom stereocenters. The van der Waals surface area contributed by atoms with Crippen LogP contribution >= 0.6 is 18.1 Å². The van der Waals surface area contributed by atoms with Crippen molar-refractivity contribution >= 4 is 24.4 Å². The van der Waals surface area contributed by atoms with Gasteiger partial charge in [-0.3, -0.25) is 4.57 Å². The fourth-order valence-electron chi connectivity index (χ4n) is 1.04. The maximum atomic E-state index is 11.6. The molecule has 0 aliphatic carbocycles. The van der Waals surface area contributed by atoms with Gasteiger partial charge in [0.05, 0.1) is 12.6 Å². The van der Waals surface area contributed by atoms with Crippen molar-refractivity contribution in [1.29, 1.82) is 0 Å². The first-order chi connectivity index (χ1) is 7.53. The monoisotopic (exact) mass is 261 g/mol. The molecule has 0 bridgehead atoms. The second-order valence-electron chi connectivity index (χ2n) is 3.29. The van der Waals surface area contributed by atoms with Gasteiger partial charge in [0.25, 0.3) is 0 Å². The third kappa shape index (κ3) is 4.90. The van der Waals surface area contributed by atoms with Crippen molar-refractivity contribution in [2.24, 2.45) is 0 Å². The number of nitrogens with one attached hydrogen (secondary N) is 1. The molecule has 2 atom stereocenters. The molecule has 0 saturated heterocycles. The Labute approximate surface area is 99.2 Å². The van der Waals surface area contributed by atoms with Gasteiger partial charge in [0.1, 0.15) is 6.29 Å². The minimum absolute atomic E-state index is 0.139. The van der Waals surface area contributed by atoms with Crippen molar-refractivity contribution in [3.8, 4) is 0 Å². The molecule has 1 N–H and O–H groups in total. The average Bonchev–Trinajstić information content (AvgIpc) is 2.27. The van der Waals surface area contributed by atoms with E-state index in [0.29, 0.717) is 6.29 Å². The lowest BCUT2D eigenvalue weighted by molar-refractivity contribution is -0.108. The molecule has 0 aromatic heterocycles. The van der Waals surface area contributed by atoms with Crippen LogP contribution in [-0.4, -0.2) is 12.3 Å². The molecule has 0 aliphatic rings. The Morgan fingerprint density at radius 2 is 2.12 bits per heavy atom. The maximum absolute atomic E-state index is 11.6. The Morgan fingerprint density at radius 1 is 1.50 bits per heavy atom. The predicted octanol–water partition coefficient (Wildman–Crippen LogP) is 2.73. The fraction of sp³-hybridized carbons (Fsp3) is 0.300. The Balaban J connectivity index is 2.48. The van der Waals surface area contributed by atoms with E-state index in [2.05, 4.69) is 5.09 Å². The lowest BCUT2D eigenvalue weighted by Crippen LogP contribution is -2.23. The van der Waals surface area contributed by atoms with E-state index in [1.54, 1.807) is 6.92 Å². The molecule has 6 heteroatoms. The number of hydrogen-bond acceptors (Lipinski definition) is 3. The second-order valence-corrected chi connectivity index (χ2v) is 6.10. The first-order valence-electron chi connectivity index (χ1n) is 4.75. The van der Waals surface area contributed by atoms with Crippen LogP contribution < -0.4 is 5.09 Å². The van der Waals surface area contributed by atoms with Crippen LogP contribution in [0.3, 0.4) is 0 Å². The van der Waals surface area contributed by atoms with Crippen molar-refractivity contribution in [2.75, 3.05) is 0 Å². The first-order valence-corrected chi connectivity index (χ1v) is 7.28. The SMILES string of the molecule is CC(C=O)NP(=O)(Cl)OCc1ccccc1. The molecule has 16 heavy (non-hydrogen) atoms.